The molecule has 0 saturated heterocycles. The standard InChI is InChI=1S/C13H17NO2/c1-2-14-4-3-10-7-12-13(8-11(10)9-14)16-6-5-15-12/h7-8H,2-6,9H2,1H3. The molecule has 0 radical (unpaired) electrons. The van der Waals surface area contributed by atoms with Crippen molar-refractivity contribution in [2.24, 2.45) is 0 Å². The van der Waals surface area contributed by atoms with Gasteiger partial charge in [-0.05, 0) is 36.2 Å². The number of likely N-dealkylation sites (N-methyl/N-ethyl adjacent to an activating group) is 1. The maximum Gasteiger partial charge on any atom is 0.161 e. The lowest BCUT2D eigenvalue weighted by atomic mass is 9.99. The fourth-order valence-corrected chi connectivity index (χ4v) is 2.42. The van der Waals surface area contributed by atoms with E-state index in [1.807, 2.05) is 0 Å². The molecule has 86 valence electrons. The molecule has 2 heterocycles. The van der Waals surface area contributed by atoms with E-state index in [1.165, 1.54) is 11.1 Å². The highest BCUT2D eigenvalue weighted by Gasteiger charge is 2.20. The SMILES string of the molecule is CCN1CCc2cc3c(cc2C1)OCCO3. The fourth-order valence-electron chi connectivity index (χ4n) is 2.42. The highest BCUT2D eigenvalue weighted by atomic mass is 16.6. The molecule has 3 nitrogen and oxygen atoms in total. The Kier molecular flexibility index (Phi) is 2.48. The summed E-state index contributed by atoms with van der Waals surface area (Å²) in [5.41, 5.74) is 2.83. The van der Waals surface area contributed by atoms with E-state index < -0.39 is 0 Å². The summed E-state index contributed by atoms with van der Waals surface area (Å²) in [4.78, 5) is 2.46. The van der Waals surface area contributed by atoms with Crippen molar-refractivity contribution in [2.45, 2.75) is 19.9 Å². The second-order valence-corrected chi connectivity index (χ2v) is 4.38. The van der Waals surface area contributed by atoms with Gasteiger partial charge in [-0.25, -0.2) is 0 Å². The molecule has 0 unspecified atom stereocenters. The highest BCUT2D eigenvalue weighted by Crippen LogP contribution is 2.35. The van der Waals surface area contributed by atoms with Crippen LogP contribution in [0, 0.1) is 0 Å². The molecule has 0 aromatic heterocycles. The summed E-state index contributed by atoms with van der Waals surface area (Å²) < 4.78 is 11.2. The number of benzene rings is 1. The quantitative estimate of drug-likeness (QED) is 0.719. The van der Waals surface area contributed by atoms with Gasteiger partial charge in [0.2, 0.25) is 0 Å². The van der Waals surface area contributed by atoms with Gasteiger partial charge in [-0.15, -0.1) is 0 Å². The number of hydrogen-bond donors (Lipinski definition) is 0. The predicted molar refractivity (Wildman–Crippen MR) is 62.1 cm³/mol. The van der Waals surface area contributed by atoms with Crippen molar-refractivity contribution in [1.82, 2.24) is 4.90 Å². The zero-order chi connectivity index (χ0) is 11.0. The molecular weight excluding hydrogens is 202 g/mol. The van der Waals surface area contributed by atoms with E-state index in [0.717, 1.165) is 37.6 Å². The van der Waals surface area contributed by atoms with E-state index in [2.05, 4.69) is 24.0 Å². The summed E-state index contributed by atoms with van der Waals surface area (Å²) in [5, 5.41) is 0. The van der Waals surface area contributed by atoms with Crippen LogP contribution in [0.3, 0.4) is 0 Å². The van der Waals surface area contributed by atoms with Gasteiger partial charge in [0.15, 0.2) is 11.5 Å². The van der Waals surface area contributed by atoms with Crippen LogP contribution in [0.2, 0.25) is 0 Å². The molecule has 0 amide bonds. The van der Waals surface area contributed by atoms with Crippen LogP contribution < -0.4 is 9.47 Å². The molecule has 1 aromatic carbocycles. The molecular formula is C13H17NO2. The van der Waals surface area contributed by atoms with Crippen LogP contribution in [0.4, 0.5) is 0 Å². The Hall–Kier alpha value is -1.22. The predicted octanol–water partition coefficient (Wildman–Crippen LogP) is 1.84. The van der Waals surface area contributed by atoms with Crippen LogP contribution in [0.25, 0.3) is 0 Å². The number of fused-ring (bicyclic) bond motifs is 2. The van der Waals surface area contributed by atoms with Gasteiger partial charge >= 0.3 is 0 Å². The summed E-state index contributed by atoms with van der Waals surface area (Å²) in [7, 11) is 0. The van der Waals surface area contributed by atoms with Crippen LogP contribution in [0.1, 0.15) is 18.1 Å². The Morgan fingerprint density at radius 3 is 2.50 bits per heavy atom. The number of ether oxygens (including phenoxy) is 2. The fraction of sp³-hybridized carbons (Fsp3) is 0.538. The van der Waals surface area contributed by atoms with Crippen molar-refractivity contribution in [2.75, 3.05) is 26.3 Å². The van der Waals surface area contributed by atoms with Crippen molar-refractivity contribution < 1.29 is 9.47 Å². The van der Waals surface area contributed by atoms with Gasteiger partial charge < -0.3 is 9.47 Å². The van der Waals surface area contributed by atoms with Gasteiger partial charge in [0.1, 0.15) is 13.2 Å². The zero-order valence-corrected chi connectivity index (χ0v) is 9.66. The second-order valence-electron chi connectivity index (χ2n) is 4.38. The molecule has 1 aromatic rings. The summed E-state index contributed by atoms with van der Waals surface area (Å²) >= 11 is 0. The van der Waals surface area contributed by atoms with E-state index in [0.29, 0.717) is 13.2 Å². The molecule has 0 spiro atoms. The van der Waals surface area contributed by atoms with Crippen LogP contribution in [-0.2, 0) is 13.0 Å². The Bertz CT molecular complexity index is 403. The molecule has 3 heteroatoms. The van der Waals surface area contributed by atoms with Crippen LogP contribution in [-0.4, -0.2) is 31.2 Å². The monoisotopic (exact) mass is 219 g/mol. The molecule has 0 saturated carbocycles. The summed E-state index contributed by atoms with van der Waals surface area (Å²) in [6.07, 6.45) is 1.12. The van der Waals surface area contributed by atoms with Crippen molar-refractivity contribution in [3.63, 3.8) is 0 Å². The highest BCUT2D eigenvalue weighted by molar-refractivity contribution is 5.48. The number of rotatable bonds is 1. The smallest absolute Gasteiger partial charge is 0.161 e. The van der Waals surface area contributed by atoms with E-state index >= 15 is 0 Å². The third-order valence-electron chi connectivity index (χ3n) is 3.40. The Labute approximate surface area is 96.0 Å². The molecule has 16 heavy (non-hydrogen) atoms. The van der Waals surface area contributed by atoms with Crippen molar-refractivity contribution in [3.05, 3.63) is 23.3 Å². The molecule has 3 rings (SSSR count). The minimum Gasteiger partial charge on any atom is -0.486 e. The van der Waals surface area contributed by atoms with Crippen molar-refractivity contribution >= 4 is 0 Å². The maximum absolute atomic E-state index is 5.61. The first-order valence-electron chi connectivity index (χ1n) is 6.00. The molecule has 2 aliphatic heterocycles. The third-order valence-corrected chi connectivity index (χ3v) is 3.40. The van der Waals surface area contributed by atoms with Crippen LogP contribution in [0.5, 0.6) is 11.5 Å². The van der Waals surface area contributed by atoms with Gasteiger partial charge in [0, 0.05) is 13.1 Å². The van der Waals surface area contributed by atoms with E-state index in [-0.39, 0.29) is 0 Å². The Morgan fingerprint density at radius 1 is 1.12 bits per heavy atom. The van der Waals surface area contributed by atoms with Gasteiger partial charge in [0.25, 0.3) is 0 Å². The molecule has 0 bridgehead atoms. The van der Waals surface area contributed by atoms with Crippen molar-refractivity contribution in [1.29, 1.82) is 0 Å². The van der Waals surface area contributed by atoms with E-state index in [9.17, 15) is 0 Å². The average molecular weight is 219 g/mol. The van der Waals surface area contributed by atoms with Gasteiger partial charge in [-0.2, -0.15) is 0 Å². The normalized spacial score (nSPS) is 19.3. The summed E-state index contributed by atoms with van der Waals surface area (Å²) in [5.74, 6) is 1.85. The average Bonchev–Trinajstić information content (AvgIpc) is 2.35. The van der Waals surface area contributed by atoms with Crippen LogP contribution in [0.15, 0.2) is 12.1 Å². The molecule has 0 aliphatic carbocycles. The Morgan fingerprint density at radius 2 is 1.81 bits per heavy atom. The molecule has 0 fully saturated rings. The minimum absolute atomic E-state index is 0.670. The summed E-state index contributed by atoms with van der Waals surface area (Å²) in [6.45, 7) is 6.87. The molecule has 0 N–H and O–H groups in total. The van der Waals surface area contributed by atoms with Gasteiger partial charge in [-0.3, -0.25) is 4.90 Å². The van der Waals surface area contributed by atoms with Crippen LogP contribution >= 0.6 is 0 Å². The third kappa shape index (κ3) is 1.65. The maximum atomic E-state index is 5.61. The molecule has 2 aliphatic rings. The zero-order valence-electron chi connectivity index (χ0n) is 9.66. The topological polar surface area (TPSA) is 21.7 Å². The largest absolute Gasteiger partial charge is 0.486 e. The lowest BCUT2D eigenvalue weighted by molar-refractivity contribution is 0.170. The number of nitrogens with zero attached hydrogens (tertiary/aromatic N) is 1. The first-order valence-corrected chi connectivity index (χ1v) is 6.00. The van der Waals surface area contributed by atoms with Crippen molar-refractivity contribution in [3.8, 4) is 11.5 Å². The van der Waals surface area contributed by atoms with Gasteiger partial charge in [-0.1, -0.05) is 6.92 Å². The minimum atomic E-state index is 0.670. The number of hydrogen-bond acceptors (Lipinski definition) is 3. The lowest BCUT2D eigenvalue weighted by Gasteiger charge is -2.29. The second kappa shape index (κ2) is 3.98. The lowest BCUT2D eigenvalue weighted by Crippen LogP contribution is -2.30. The van der Waals surface area contributed by atoms with Gasteiger partial charge in [0.05, 0.1) is 0 Å². The first-order chi connectivity index (χ1) is 7.86. The molecule has 0 atom stereocenters. The Balaban J connectivity index is 1.95. The first kappa shape index (κ1) is 9.97. The van der Waals surface area contributed by atoms with E-state index in [1.54, 1.807) is 0 Å². The van der Waals surface area contributed by atoms with E-state index in [4.69, 9.17) is 9.47 Å². The summed E-state index contributed by atoms with van der Waals surface area (Å²) in [6, 6.07) is 4.32.